The molecule has 3 heterocycles. The number of rotatable bonds is 2. The van der Waals surface area contributed by atoms with Crippen LogP contribution in [0, 0.1) is 0 Å². The molecule has 1 aliphatic heterocycles. The summed E-state index contributed by atoms with van der Waals surface area (Å²) in [6.07, 6.45) is 2.66. The first-order valence-electron chi connectivity index (χ1n) is 8.85. The highest BCUT2D eigenvalue weighted by Gasteiger charge is 2.32. The second-order valence-corrected chi connectivity index (χ2v) is 7.99. The summed E-state index contributed by atoms with van der Waals surface area (Å²) in [6, 6.07) is 4.05. The van der Waals surface area contributed by atoms with Gasteiger partial charge in [-0.2, -0.15) is 0 Å². The molecule has 25 heavy (non-hydrogen) atoms. The second kappa shape index (κ2) is 6.33. The Morgan fingerprint density at radius 1 is 1.44 bits per heavy atom. The van der Waals surface area contributed by atoms with E-state index in [0.717, 1.165) is 28.7 Å². The fraction of sp³-hybridized carbons (Fsp3) is 0.579. The fourth-order valence-corrected chi connectivity index (χ4v) is 3.41. The van der Waals surface area contributed by atoms with Gasteiger partial charge in [-0.1, -0.05) is 0 Å². The topological polar surface area (TPSA) is 73.4 Å². The average Bonchev–Trinajstić information content (AvgIpc) is 3.12. The van der Waals surface area contributed by atoms with Crippen LogP contribution in [0.15, 0.2) is 18.3 Å². The number of nitrogens with zero attached hydrogens (tertiary/aromatic N) is 3. The van der Waals surface area contributed by atoms with Crippen molar-refractivity contribution in [1.29, 1.82) is 0 Å². The lowest BCUT2D eigenvalue weighted by Gasteiger charge is -2.24. The number of ether oxygens (including phenoxy) is 1. The molecule has 1 aliphatic rings. The van der Waals surface area contributed by atoms with E-state index < -0.39 is 5.60 Å². The van der Waals surface area contributed by atoms with E-state index in [2.05, 4.69) is 10.6 Å². The van der Waals surface area contributed by atoms with Gasteiger partial charge in [-0.15, -0.1) is 0 Å². The predicted octanol–water partition coefficient (Wildman–Crippen LogP) is 3.32. The summed E-state index contributed by atoms with van der Waals surface area (Å²) < 4.78 is 7.57. The van der Waals surface area contributed by atoms with Crippen LogP contribution >= 0.6 is 0 Å². The standard InChI is InChI=1S/C19H28N4O2/c1-12(20)17-14(10-16-15(21-17)7-8-22(16)5)13-6-9-23(11-13)18(24)25-19(2,3)4/h7-8,10,12-13H,6,9,11,20H2,1-5H3/t12-,13?/m0/s1. The molecule has 6 heteroatoms. The Labute approximate surface area is 149 Å². The highest BCUT2D eigenvalue weighted by atomic mass is 16.6. The highest BCUT2D eigenvalue weighted by Crippen LogP contribution is 2.33. The van der Waals surface area contributed by atoms with Crippen molar-refractivity contribution in [3.05, 3.63) is 29.6 Å². The van der Waals surface area contributed by atoms with Gasteiger partial charge in [0.2, 0.25) is 0 Å². The third-order valence-corrected chi connectivity index (χ3v) is 4.64. The second-order valence-electron chi connectivity index (χ2n) is 7.99. The first kappa shape index (κ1) is 17.7. The number of nitrogens with two attached hydrogens (primary N) is 1. The smallest absolute Gasteiger partial charge is 0.410 e. The lowest BCUT2D eigenvalue weighted by molar-refractivity contribution is 0.0292. The van der Waals surface area contributed by atoms with E-state index in [1.165, 1.54) is 0 Å². The van der Waals surface area contributed by atoms with Crippen LogP contribution in [0.4, 0.5) is 4.79 Å². The van der Waals surface area contributed by atoms with Crippen LogP contribution in [0.25, 0.3) is 11.0 Å². The van der Waals surface area contributed by atoms with Gasteiger partial charge >= 0.3 is 6.09 Å². The molecule has 2 aromatic rings. The molecule has 1 fully saturated rings. The lowest BCUT2D eigenvalue weighted by Crippen LogP contribution is -2.35. The zero-order valence-corrected chi connectivity index (χ0v) is 15.7. The van der Waals surface area contributed by atoms with Crippen LogP contribution in [0.1, 0.15) is 57.3 Å². The molecule has 2 N–H and O–H groups in total. The van der Waals surface area contributed by atoms with Crippen LogP contribution in [0.5, 0.6) is 0 Å². The summed E-state index contributed by atoms with van der Waals surface area (Å²) in [5.41, 5.74) is 9.83. The van der Waals surface area contributed by atoms with Crippen molar-refractivity contribution in [3.8, 4) is 0 Å². The summed E-state index contributed by atoms with van der Waals surface area (Å²) in [5, 5.41) is 0. The van der Waals surface area contributed by atoms with Gasteiger partial charge in [0.05, 0.1) is 16.7 Å². The molecule has 0 aromatic carbocycles. The monoisotopic (exact) mass is 344 g/mol. The van der Waals surface area contributed by atoms with E-state index in [0.29, 0.717) is 13.1 Å². The molecular weight excluding hydrogens is 316 g/mol. The normalized spacial score (nSPS) is 19.4. The number of pyridine rings is 1. The van der Waals surface area contributed by atoms with Gasteiger partial charge in [0.1, 0.15) is 5.60 Å². The highest BCUT2D eigenvalue weighted by molar-refractivity contribution is 5.77. The quantitative estimate of drug-likeness (QED) is 0.907. The Balaban J connectivity index is 1.88. The van der Waals surface area contributed by atoms with E-state index >= 15 is 0 Å². The van der Waals surface area contributed by atoms with Crippen molar-refractivity contribution in [1.82, 2.24) is 14.5 Å². The molecule has 6 nitrogen and oxygen atoms in total. The Bertz CT molecular complexity index is 789. The van der Waals surface area contributed by atoms with Gasteiger partial charge in [0, 0.05) is 38.3 Å². The van der Waals surface area contributed by atoms with Crippen LogP contribution < -0.4 is 5.73 Å². The minimum Gasteiger partial charge on any atom is -0.444 e. The van der Waals surface area contributed by atoms with Crippen molar-refractivity contribution in [3.63, 3.8) is 0 Å². The molecular formula is C19H28N4O2. The Kier molecular flexibility index (Phi) is 4.49. The maximum absolute atomic E-state index is 12.3. The number of carbonyl (C=O) groups is 1. The van der Waals surface area contributed by atoms with Crippen LogP contribution in [-0.2, 0) is 11.8 Å². The van der Waals surface area contributed by atoms with Gasteiger partial charge in [0.15, 0.2) is 0 Å². The van der Waals surface area contributed by atoms with Crippen molar-refractivity contribution < 1.29 is 9.53 Å². The van der Waals surface area contributed by atoms with Gasteiger partial charge < -0.3 is 19.9 Å². The Hall–Kier alpha value is -2.08. The molecule has 2 atom stereocenters. The summed E-state index contributed by atoms with van der Waals surface area (Å²) in [6.45, 7) is 8.97. The number of carbonyl (C=O) groups excluding carboxylic acids is 1. The first-order chi connectivity index (χ1) is 11.7. The molecule has 0 aliphatic carbocycles. The number of amides is 1. The Morgan fingerprint density at radius 3 is 2.80 bits per heavy atom. The molecule has 3 rings (SSSR count). The first-order valence-corrected chi connectivity index (χ1v) is 8.85. The molecule has 0 bridgehead atoms. The summed E-state index contributed by atoms with van der Waals surface area (Å²) >= 11 is 0. The maximum atomic E-state index is 12.3. The number of fused-ring (bicyclic) bond motifs is 1. The zero-order valence-electron chi connectivity index (χ0n) is 15.7. The number of hydrogen-bond donors (Lipinski definition) is 1. The zero-order chi connectivity index (χ0) is 18.4. The van der Waals surface area contributed by atoms with Crippen LogP contribution in [0.2, 0.25) is 0 Å². The van der Waals surface area contributed by atoms with Crippen LogP contribution in [0.3, 0.4) is 0 Å². The molecule has 136 valence electrons. The number of aromatic nitrogens is 2. The predicted molar refractivity (Wildman–Crippen MR) is 98.5 cm³/mol. The van der Waals surface area contributed by atoms with Crippen molar-refractivity contribution in [2.75, 3.05) is 13.1 Å². The third-order valence-electron chi connectivity index (χ3n) is 4.64. The number of hydrogen-bond acceptors (Lipinski definition) is 4. The summed E-state index contributed by atoms with van der Waals surface area (Å²) in [5.74, 6) is 0.236. The Morgan fingerprint density at radius 2 is 2.16 bits per heavy atom. The number of likely N-dealkylation sites (tertiary alicyclic amines) is 1. The SMILES string of the molecule is C[C@H](N)c1nc2ccn(C)c2cc1C1CCN(C(=O)OC(C)(C)C)C1. The van der Waals surface area contributed by atoms with Crippen molar-refractivity contribution >= 4 is 17.1 Å². The van der Waals surface area contributed by atoms with Crippen molar-refractivity contribution in [2.45, 2.75) is 51.7 Å². The van der Waals surface area contributed by atoms with Crippen molar-refractivity contribution in [2.24, 2.45) is 12.8 Å². The van der Waals surface area contributed by atoms with E-state index in [1.807, 2.05) is 47.0 Å². The summed E-state index contributed by atoms with van der Waals surface area (Å²) in [4.78, 5) is 18.9. The van der Waals surface area contributed by atoms with Gasteiger partial charge in [-0.25, -0.2) is 9.78 Å². The third kappa shape index (κ3) is 3.63. The molecule has 1 saturated heterocycles. The summed E-state index contributed by atoms with van der Waals surface area (Å²) in [7, 11) is 2.01. The molecule has 0 spiro atoms. The molecule has 0 saturated carbocycles. The largest absolute Gasteiger partial charge is 0.444 e. The lowest BCUT2D eigenvalue weighted by atomic mass is 9.94. The molecule has 1 unspecified atom stereocenters. The minimum atomic E-state index is -0.477. The van der Waals surface area contributed by atoms with Crippen LogP contribution in [-0.4, -0.2) is 39.2 Å². The van der Waals surface area contributed by atoms with Gasteiger partial charge in [0.25, 0.3) is 0 Å². The molecule has 0 radical (unpaired) electrons. The molecule has 2 aromatic heterocycles. The number of aryl methyl sites for hydroxylation is 1. The molecule has 1 amide bonds. The van der Waals surface area contributed by atoms with E-state index in [9.17, 15) is 4.79 Å². The van der Waals surface area contributed by atoms with Gasteiger partial charge in [-0.3, -0.25) is 0 Å². The maximum Gasteiger partial charge on any atom is 0.410 e. The van der Waals surface area contributed by atoms with E-state index in [-0.39, 0.29) is 18.1 Å². The van der Waals surface area contributed by atoms with E-state index in [1.54, 1.807) is 4.90 Å². The fourth-order valence-electron chi connectivity index (χ4n) is 3.41. The average molecular weight is 344 g/mol. The minimum absolute atomic E-state index is 0.143. The van der Waals surface area contributed by atoms with Gasteiger partial charge in [-0.05, 0) is 51.8 Å². The van der Waals surface area contributed by atoms with E-state index in [4.69, 9.17) is 15.5 Å².